The summed E-state index contributed by atoms with van der Waals surface area (Å²) in [4.78, 5) is 0. The third kappa shape index (κ3) is 3.59. The van der Waals surface area contributed by atoms with Crippen molar-refractivity contribution in [2.75, 3.05) is 0 Å². The number of rotatable bonds is 5. The molecule has 1 fully saturated rings. The van der Waals surface area contributed by atoms with Crippen LogP contribution in [0.3, 0.4) is 0 Å². The lowest BCUT2D eigenvalue weighted by Crippen LogP contribution is -2.41. The van der Waals surface area contributed by atoms with E-state index in [-0.39, 0.29) is 18.3 Å². The molecule has 0 N–H and O–H groups in total. The summed E-state index contributed by atoms with van der Waals surface area (Å²) in [6.45, 7) is 12.7. The molecule has 3 heteroatoms. The zero-order valence-electron chi connectivity index (χ0n) is 12.3. The Morgan fingerprint density at radius 2 is 1.59 bits per heavy atom. The minimum atomic E-state index is -0.226. The molecule has 0 aliphatic carbocycles. The average molecular weight is 238 g/mol. The van der Waals surface area contributed by atoms with Gasteiger partial charge in [0.05, 0.1) is 11.2 Å². The fourth-order valence-corrected chi connectivity index (χ4v) is 1.85. The van der Waals surface area contributed by atoms with E-state index in [1.54, 1.807) is 0 Å². The minimum Gasteiger partial charge on any atom is -0.400 e. The maximum atomic E-state index is 5.99. The molecule has 0 atom stereocenters. The standard InChI is InChI=1S/C14H27BO2/c1-7-8-9-10-11-12(2)15-16-13(3,4)14(5,6)17-15/h11H,7-10H2,1-6H3/b12-11-. The van der Waals surface area contributed by atoms with Gasteiger partial charge in [0.1, 0.15) is 0 Å². The lowest BCUT2D eigenvalue weighted by Gasteiger charge is -2.32. The molecule has 0 unspecified atom stereocenters. The second kappa shape index (κ2) is 5.58. The molecule has 2 nitrogen and oxygen atoms in total. The van der Waals surface area contributed by atoms with Crippen LogP contribution in [0.15, 0.2) is 11.5 Å². The Balaban J connectivity index is 2.53. The highest BCUT2D eigenvalue weighted by Gasteiger charge is 2.51. The first-order valence-electron chi connectivity index (χ1n) is 6.82. The third-order valence-electron chi connectivity index (χ3n) is 3.90. The van der Waals surface area contributed by atoms with Crippen LogP contribution < -0.4 is 0 Å². The van der Waals surface area contributed by atoms with Gasteiger partial charge in [0.15, 0.2) is 0 Å². The van der Waals surface area contributed by atoms with E-state index >= 15 is 0 Å². The number of hydrogen-bond acceptors (Lipinski definition) is 2. The second-order valence-corrected chi connectivity index (χ2v) is 6.03. The first-order chi connectivity index (χ1) is 7.80. The number of unbranched alkanes of at least 4 members (excludes halogenated alkanes) is 3. The highest BCUT2D eigenvalue weighted by molar-refractivity contribution is 6.54. The molecule has 1 aliphatic heterocycles. The molecule has 98 valence electrons. The van der Waals surface area contributed by atoms with Crippen molar-refractivity contribution < 1.29 is 9.31 Å². The van der Waals surface area contributed by atoms with Crippen molar-refractivity contribution in [1.29, 1.82) is 0 Å². The maximum absolute atomic E-state index is 5.99. The molecule has 0 saturated carbocycles. The molecule has 1 heterocycles. The predicted octanol–water partition coefficient (Wildman–Crippen LogP) is 4.14. The Bertz CT molecular complexity index is 266. The van der Waals surface area contributed by atoms with Crippen molar-refractivity contribution in [3.05, 3.63) is 11.5 Å². The van der Waals surface area contributed by atoms with Gasteiger partial charge < -0.3 is 9.31 Å². The fourth-order valence-electron chi connectivity index (χ4n) is 1.85. The lowest BCUT2D eigenvalue weighted by atomic mass is 9.79. The van der Waals surface area contributed by atoms with Crippen LogP contribution in [-0.2, 0) is 9.31 Å². The monoisotopic (exact) mass is 238 g/mol. The molecule has 0 aromatic heterocycles. The molecule has 0 aromatic carbocycles. The topological polar surface area (TPSA) is 18.5 Å². The molecular weight excluding hydrogens is 211 g/mol. The molecule has 0 bridgehead atoms. The summed E-state index contributed by atoms with van der Waals surface area (Å²) in [5.74, 6) is 0. The van der Waals surface area contributed by atoms with E-state index < -0.39 is 0 Å². The van der Waals surface area contributed by atoms with Crippen LogP contribution >= 0.6 is 0 Å². The van der Waals surface area contributed by atoms with Gasteiger partial charge in [-0.15, -0.1) is 0 Å². The Labute approximate surface area is 107 Å². The van der Waals surface area contributed by atoms with Gasteiger partial charge in [-0.1, -0.05) is 25.8 Å². The zero-order valence-corrected chi connectivity index (χ0v) is 12.3. The van der Waals surface area contributed by atoms with Gasteiger partial charge in [-0.2, -0.15) is 0 Å². The van der Waals surface area contributed by atoms with Crippen LogP contribution in [-0.4, -0.2) is 18.3 Å². The predicted molar refractivity (Wildman–Crippen MR) is 74.0 cm³/mol. The average Bonchev–Trinajstić information content (AvgIpc) is 2.43. The van der Waals surface area contributed by atoms with Gasteiger partial charge in [0.2, 0.25) is 0 Å². The van der Waals surface area contributed by atoms with Gasteiger partial charge in [-0.05, 0) is 52.9 Å². The van der Waals surface area contributed by atoms with E-state index in [9.17, 15) is 0 Å². The lowest BCUT2D eigenvalue weighted by molar-refractivity contribution is 0.00578. The van der Waals surface area contributed by atoms with Crippen molar-refractivity contribution in [3.63, 3.8) is 0 Å². The molecule has 0 aromatic rings. The van der Waals surface area contributed by atoms with E-state index in [0.29, 0.717) is 0 Å². The van der Waals surface area contributed by atoms with Gasteiger partial charge in [-0.25, -0.2) is 0 Å². The maximum Gasteiger partial charge on any atom is 0.489 e. The van der Waals surface area contributed by atoms with Crippen LogP contribution in [0.5, 0.6) is 0 Å². The van der Waals surface area contributed by atoms with E-state index in [1.165, 1.54) is 24.7 Å². The second-order valence-electron chi connectivity index (χ2n) is 6.03. The molecule has 1 rings (SSSR count). The molecule has 0 radical (unpaired) electrons. The summed E-state index contributed by atoms with van der Waals surface area (Å²) < 4.78 is 12.0. The summed E-state index contributed by atoms with van der Waals surface area (Å²) >= 11 is 0. The Kier molecular flexibility index (Phi) is 4.85. The molecule has 0 amide bonds. The van der Waals surface area contributed by atoms with Crippen LogP contribution in [0.25, 0.3) is 0 Å². The fraction of sp³-hybridized carbons (Fsp3) is 0.857. The quantitative estimate of drug-likeness (QED) is 0.529. The van der Waals surface area contributed by atoms with Gasteiger partial charge >= 0.3 is 7.12 Å². The molecule has 1 saturated heterocycles. The molecule has 17 heavy (non-hydrogen) atoms. The van der Waals surface area contributed by atoms with E-state index in [4.69, 9.17) is 9.31 Å². The van der Waals surface area contributed by atoms with Crippen molar-refractivity contribution >= 4 is 7.12 Å². The smallest absolute Gasteiger partial charge is 0.400 e. The Morgan fingerprint density at radius 3 is 2.06 bits per heavy atom. The van der Waals surface area contributed by atoms with Gasteiger partial charge in [-0.3, -0.25) is 0 Å². The SMILES string of the molecule is CCCCC/C=C(/C)B1OC(C)(C)C(C)(C)O1. The summed E-state index contributed by atoms with van der Waals surface area (Å²) in [7, 11) is -0.165. The van der Waals surface area contributed by atoms with Crippen molar-refractivity contribution in [2.24, 2.45) is 0 Å². The largest absolute Gasteiger partial charge is 0.489 e. The zero-order chi connectivity index (χ0) is 13.1. The summed E-state index contributed by atoms with van der Waals surface area (Å²) in [6, 6.07) is 0. The van der Waals surface area contributed by atoms with E-state index in [0.717, 1.165) is 6.42 Å². The van der Waals surface area contributed by atoms with Crippen LogP contribution in [0.2, 0.25) is 0 Å². The minimum absolute atomic E-state index is 0.165. The van der Waals surface area contributed by atoms with Crippen LogP contribution in [0.1, 0.15) is 67.2 Å². The van der Waals surface area contributed by atoms with Gasteiger partial charge in [0.25, 0.3) is 0 Å². The van der Waals surface area contributed by atoms with Crippen molar-refractivity contribution in [1.82, 2.24) is 0 Å². The Hall–Kier alpha value is -0.275. The van der Waals surface area contributed by atoms with Crippen LogP contribution in [0, 0.1) is 0 Å². The normalized spacial score (nSPS) is 23.2. The number of hydrogen-bond donors (Lipinski definition) is 0. The van der Waals surface area contributed by atoms with Gasteiger partial charge in [0, 0.05) is 0 Å². The first-order valence-corrected chi connectivity index (χ1v) is 6.82. The Morgan fingerprint density at radius 1 is 1.06 bits per heavy atom. The van der Waals surface area contributed by atoms with E-state index in [2.05, 4.69) is 47.6 Å². The van der Waals surface area contributed by atoms with E-state index in [1.807, 2.05) is 0 Å². The van der Waals surface area contributed by atoms with Crippen molar-refractivity contribution in [3.8, 4) is 0 Å². The van der Waals surface area contributed by atoms with Crippen molar-refractivity contribution in [2.45, 2.75) is 78.4 Å². The summed E-state index contributed by atoms with van der Waals surface area (Å²) in [5, 5.41) is 0. The number of allylic oxidation sites excluding steroid dienone is 2. The third-order valence-corrected chi connectivity index (χ3v) is 3.90. The first kappa shape index (κ1) is 14.8. The molecular formula is C14H27BO2. The highest BCUT2D eigenvalue weighted by atomic mass is 16.7. The molecule has 0 spiro atoms. The van der Waals surface area contributed by atoms with Crippen LogP contribution in [0.4, 0.5) is 0 Å². The summed E-state index contributed by atoms with van der Waals surface area (Å²) in [6.07, 6.45) is 7.21. The molecule has 1 aliphatic rings. The highest BCUT2D eigenvalue weighted by Crippen LogP contribution is 2.38. The summed E-state index contributed by atoms with van der Waals surface area (Å²) in [5.41, 5.74) is 0.756.